The van der Waals surface area contributed by atoms with Crippen LogP contribution in [0.15, 0.2) is 54.7 Å². The van der Waals surface area contributed by atoms with E-state index in [9.17, 15) is 0 Å². The number of H-pyrrole nitrogens is 1. The molecule has 136 valence electrons. The van der Waals surface area contributed by atoms with Crippen molar-refractivity contribution in [2.24, 2.45) is 5.92 Å². The highest BCUT2D eigenvalue weighted by Gasteiger charge is 2.24. The van der Waals surface area contributed by atoms with Crippen LogP contribution in [-0.2, 0) is 6.42 Å². The van der Waals surface area contributed by atoms with E-state index in [4.69, 9.17) is 16.6 Å². The number of aromatic nitrogens is 3. The van der Waals surface area contributed by atoms with Crippen LogP contribution in [0.1, 0.15) is 43.0 Å². The highest BCUT2D eigenvalue weighted by Crippen LogP contribution is 2.39. The summed E-state index contributed by atoms with van der Waals surface area (Å²) in [5.74, 6) is 2.43. The molecule has 1 aliphatic rings. The van der Waals surface area contributed by atoms with Crippen LogP contribution in [0.2, 0.25) is 5.02 Å². The second kappa shape index (κ2) is 6.97. The van der Waals surface area contributed by atoms with Gasteiger partial charge in [0.2, 0.25) is 0 Å². The van der Waals surface area contributed by atoms with E-state index in [-0.39, 0.29) is 0 Å². The molecule has 2 aromatic carbocycles. The van der Waals surface area contributed by atoms with Gasteiger partial charge in [-0.05, 0) is 73.4 Å². The van der Waals surface area contributed by atoms with Crippen LogP contribution < -0.4 is 0 Å². The first-order chi connectivity index (χ1) is 13.3. The molecule has 27 heavy (non-hydrogen) atoms. The lowest BCUT2D eigenvalue weighted by Crippen LogP contribution is -2.16. The predicted molar refractivity (Wildman–Crippen MR) is 111 cm³/mol. The SMILES string of the molecule is Clc1ccc2[nH]c(CC3CCC(c4ccnc5ccccc45)CC3)nc2c1. The predicted octanol–water partition coefficient (Wildman–Crippen LogP) is 6.28. The van der Waals surface area contributed by atoms with Crippen LogP contribution in [0, 0.1) is 5.92 Å². The minimum absolute atomic E-state index is 0.642. The molecular weight excluding hydrogens is 354 g/mol. The highest BCUT2D eigenvalue weighted by molar-refractivity contribution is 6.31. The smallest absolute Gasteiger partial charge is 0.107 e. The molecule has 4 heteroatoms. The Morgan fingerprint density at radius 2 is 1.81 bits per heavy atom. The molecule has 2 heterocycles. The summed E-state index contributed by atoms with van der Waals surface area (Å²) >= 11 is 6.08. The Kier molecular flexibility index (Phi) is 4.33. The second-order valence-electron chi connectivity index (χ2n) is 7.68. The van der Waals surface area contributed by atoms with Crippen molar-refractivity contribution in [2.75, 3.05) is 0 Å². The van der Waals surface area contributed by atoms with Gasteiger partial charge in [-0.3, -0.25) is 4.98 Å². The van der Waals surface area contributed by atoms with E-state index in [1.807, 2.05) is 24.4 Å². The molecule has 1 aliphatic carbocycles. The van der Waals surface area contributed by atoms with E-state index in [2.05, 4.69) is 40.3 Å². The molecular formula is C23H22ClN3. The van der Waals surface area contributed by atoms with E-state index >= 15 is 0 Å². The quantitative estimate of drug-likeness (QED) is 0.457. The Morgan fingerprint density at radius 3 is 2.70 bits per heavy atom. The second-order valence-corrected chi connectivity index (χ2v) is 8.12. The average molecular weight is 376 g/mol. The number of hydrogen-bond donors (Lipinski definition) is 1. The van der Waals surface area contributed by atoms with Gasteiger partial charge in [0.1, 0.15) is 5.82 Å². The molecule has 0 aliphatic heterocycles. The fourth-order valence-electron chi connectivity index (χ4n) is 4.55. The normalized spacial score (nSPS) is 20.3. The molecule has 0 spiro atoms. The van der Waals surface area contributed by atoms with Crippen molar-refractivity contribution in [2.45, 2.75) is 38.0 Å². The third-order valence-electron chi connectivity index (χ3n) is 5.95. The van der Waals surface area contributed by atoms with Crippen molar-refractivity contribution < 1.29 is 0 Å². The summed E-state index contributed by atoms with van der Waals surface area (Å²) in [5, 5.41) is 2.06. The van der Waals surface area contributed by atoms with Gasteiger partial charge in [0.15, 0.2) is 0 Å². The van der Waals surface area contributed by atoms with Gasteiger partial charge in [-0.1, -0.05) is 29.8 Å². The average Bonchev–Trinajstić information content (AvgIpc) is 3.09. The number of fused-ring (bicyclic) bond motifs is 2. The lowest BCUT2D eigenvalue weighted by molar-refractivity contribution is 0.322. The van der Waals surface area contributed by atoms with Crippen LogP contribution in [0.3, 0.4) is 0 Å². The van der Waals surface area contributed by atoms with Crippen molar-refractivity contribution >= 4 is 33.5 Å². The summed E-state index contributed by atoms with van der Waals surface area (Å²) < 4.78 is 0. The standard InChI is InChI=1S/C23H22ClN3/c24-17-9-10-21-22(14-17)27-23(26-21)13-15-5-7-16(8-6-15)18-11-12-25-20-4-2-1-3-19(18)20/h1-4,9-12,14-16H,5-8,13H2,(H,26,27). The van der Waals surface area contributed by atoms with Crippen LogP contribution >= 0.6 is 11.6 Å². The zero-order valence-corrected chi connectivity index (χ0v) is 15.9. The van der Waals surface area contributed by atoms with E-state index in [0.717, 1.165) is 33.8 Å². The molecule has 2 aromatic heterocycles. The number of nitrogens with one attached hydrogen (secondary N) is 1. The van der Waals surface area contributed by atoms with Gasteiger partial charge in [0.05, 0.1) is 16.6 Å². The number of rotatable bonds is 3. The Balaban J connectivity index is 1.29. The maximum absolute atomic E-state index is 6.08. The van der Waals surface area contributed by atoms with Gasteiger partial charge in [0.25, 0.3) is 0 Å². The third-order valence-corrected chi connectivity index (χ3v) is 6.18. The number of aromatic amines is 1. The molecule has 0 amide bonds. The lowest BCUT2D eigenvalue weighted by Gasteiger charge is -2.29. The summed E-state index contributed by atoms with van der Waals surface area (Å²) in [5.41, 5.74) is 4.62. The summed E-state index contributed by atoms with van der Waals surface area (Å²) in [6, 6.07) is 16.6. The van der Waals surface area contributed by atoms with Crippen molar-refractivity contribution in [3.63, 3.8) is 0 Å². The van der Waals surface area contributed by atoms with Crippen molar-refractivity contribution in [1.29, 1.82) is 0 Å². The van der Waals surface area contributed by atoms with E-state index in [1.54, 1.807) is 0 Å². The van der Waals surface area contributed by atoms with Crippen molar-refractivity contribution in [1.82, 2.24) is 15.0 Å². The van der Waals surface area contributed by atoms with Crippen LogP contribution in [0.4, 0.5) is 0 Å². The maximum atomic E-state index is 6.08. The molecule has 0 saturated heterocycles. The zero-order valence-electron chi connectivity index (χ0n) is 15.2. The summed E-state index contributed by atoms with van der Waals surface area (Å²) in [7, 11) is 0. The minimum atomic E-state index is 0.642. The van der Waals surface area contributed by atoms with Crippen LogP contribution in [-0.4, -0.2) is 15.0 Å². The molecule has 1 fully saturated rings. The van der Waals surface area contributed by atoms with E-state index in [1.165, 1.54) is 36.6 Å². The van der Waals surface area contributed by atoms with Crippen molar-refractivity contribution in [3.05, 3.63) is 71.1 Å². The van der Waals surface area contributed by atoms with Crippen LogP contribution in [0.25, 0.3) is 21.9 Å². The Bertz CT molecular complexity index is 1090. The first-order valence-electron chi connectivity index (χ1n) is 9.74. The Morgan fingerprint density at radius 1 is 0.963 bits per heavy atom. The van der Waals surface area contributed by atoms with Gasteiger partial charge in [-0.25, -0.2) is 4.98 Å². The summed E-state index contributed by atoms with van der Waals surface area (Å²) in [4.78, 5) is 12.7. The monoisotopic (exact) mass is 375 g/mol. The van der Waals surface area contributed by atoms with Gasteiger partial charge in [-0.15, -0.1) is 0 Å². The number of halogens is 1. The molecule has 0 bridgehead atoms. The fraction of sp³-hybridized carbons (Fsp3) is 0.304. The fourth-order valence-corrected chi connectivity index (χ4v) is 4.72. The highest BCUT2D eigenvalue weighted by atomic mass is 35.5. The minimum Gasteiger partial charge on any atom is -0.342 e. The molecule has 0 unspecified atom stereocenters. The first-order valence-corrected chi connectivity index (χ1v) is 10.1. The first kappa shape index (κ1) is 16.8. The molecule has 0 atom stereocenters. The molecule has 1 saturated carbocycles. The van der Waals surface area contributed by atoms with Gasteiger partial charge >= 0.3 is 0 Å². The van der Waals surface area contributed by atoms with Crippen LogP contribution in [0.5, 0.6) is 0 Å². The van der Waals surface area contributed by atoms with Crippen molar-refractivity contribution in [3.8, 4) is 0 Å². The summed E-state index contributed by atoms with van der Waals surface area (Å²) in [6.07, 6.45) is 7.97. The molecule has 3 nitrogen and oxygen atoms in total. The number of pyridine rings is 1. The van der Waals surface area contributed by atoms with Gasteiger partial charge in [-0.2, -0.15) is 0 Å². The van der Waals surface area contributed by atoms with E-state index < -0.39 is 0 Å². The summed E-state index contributed by atoms with van der Waals surface area (Å²) in [6.45, 7) is 0. The molecule has 5 rings (SSSR count). The molecule has 1 N–H and O–H groups in total. The Labute approximate surface area is 163 Å². The largest absolute Gasteiger partial charge is 0.342 e. The molecule has 0 radical (unpaired) electrons. The lowest BCUT2D eigenvalue weighted by atomic mass is 9.77. The number of nitrogens with zero attached hydrogens (tertiary/aromatic N) is 2. The number of para-hydroxylation sites is 1. The van der Waals surface area contributed by atoms with E-state index in [0.29, 0.717) is 11.8 Å². The zero-order chi connectivity index (χ0) is 18.2. The third kappa shape index (κ3) is 3.32. The number of benzene rings is 2. The van der Waals surface area contributed by atoms with Gasteiger partial charge in [0, 0.05) is 23.0 Å². The number of imidazole rings is 1. The number of hydrogen-bond acceptors (Lipinski definition) is 2. The maximum Gasteiger partial charge on any atom is 0.107 e. The molecule has 4 aromatic rings. The van der Waals surface area contributed by atoms with Gasteiger partial charge < -0.3 is 4.98 Å². The topological polar surface area (TPSA) is 41.6 Å². The Hall–Kier alpha value is -2.39.